The molecule has 6 heteroatoms. The summed E-state index contributed by atoms with van der Waals surface area (Å²) in [5, 5.41) is 11.3. The lowest BCUT2D eigenvalue weighted by Gasteiger charge is -2.05. The second-order valence-electron chi connectivity index (χ2n) is 5.34. The summed E-state index contributed by atoms with van der Waals surface area (Å²) in [6.07, 6.45) is 3.64. The highest BCUT2D eigenvalue weighted by atomic mass is 16.2. The molecular weight excluding hydrogens is 290 g/mol. The fourth-order valence-corrected chi connectivity index (χ4v) is 2.32. The van der Waals surface area contributed by atoms with Crippen LogP contribution in [0.25, 0.3) is 0 Å². The van der Waals surface area contributed by atoms with Crippen LogP contribution in [0.1, 0.15) is 28.5 Å². The SMILES string of the molecule is CCn1ccc(C(=O)Nc2ccn(Cc3ccccc3C)n2)n1. The van der Waals surface area contributed by atoms with E-state index in [9.17, 15) is 4.79 Å². The van der Waals surface area contributed by atoms with Crippen LogP contribution in [0.4, 0.5) is 5.82 Å². The fourth-order valence-electron chi connectivity index (χ4n) is 2.32. The van der Waals surface area contributed by atoms with E-state index < -0.39 is 0 Å². The molecule has 1 N–H and O–H groups in total. The van der Waals surface area contributed by atoms with E-state index in [4.69, 9.17) is 0 Å². The summed E-state index contributed by atoms with van der Waals surface area (Å²) in [5.41, 5.74) is 2.81. The maximum absolute atomic E-state index is 12.1. The number of nitrogens with one attached hydrogen (secondary N) is 1. The van der Waals surface area contributed by atoms with Crippen molar-refractivity contribution in [3.63, 3.8) is 0 Å². The van der Waals surface area contributed by atoms with Crippen molar-refractivity contribution in [3.8, 4) is 0 Å². The standard InChI is InChI=1S/C17H19N5O/c1-3-21-10-8-15(19-21)17(23)18-16-9-11-22(20-16)12-14-7-5-4-6-13(14)2/h4-11H,3,12H2,1-2H3,(H,18,20,23). The molecule has 0 saturated carbocycles. The lowest BCUT2D eigenvalue weighted by molar-refractivity contribution is 0.102. The van der Waals surface area contributed by atoms with Gasteiger partial charge in [0.05, 0.1) is 6.54 Å². The minimum atomic E-state index is -0.252. The molecule has 2 heterocycles. The number of amides is 1. The van der Waals surface area contributed by atoms with Gasteiger partial charge < -0.3 is 5.32 Å². The molecule has 1 amide bonds. The van der Waals surface area contributed by atoms with Gasteiger partial charge in [-0.1, -0.05) is 24.3 Å². The molecule has 6 nitrogen and oxygen atoms in total. The molecule has 1 aromatic carbocycles. The fraction of sp³-hybridized carbons (Fsp3) is 0.235. The van der Waals surface area contributed by atoms with Crippen molar-refractivity contribution >= 4 is 11.7 Å². The monoisotopic (exact) mass is 309 g/mol. The Labute approximate surface area is 134 Å². The predicted octanol–water partition coefficient (Wildman–Crippen LogP) is 2.71. The maximum Gasteiger partial charge on any atom is 0.277 e. The van der Waals surface area contributed by atoms with Crippen LogP contribution >= 0.6 is 0 Å². The van der Waals surface area contributed by atoms with Crippen LogP contribution in [-0.2, 0) is 13.1 Å². The van der Waals surface area contributed by atoms with Crippen LogP contribution in [0.15, 0.2) is 48.8 Å². The van der Waals surface area contributed by atoms with Crippen molar-refractivity contribution in [3.05, 3.63) is 65.6 Å². The van der Waals surface area contributed by atoms with Gasteiger partial charge >= 0.3 is 0 Å². The molecular formula is C17H19N5O. The molecule has 0 aliphatic heterocycles. The summed E-state index contributed by atoms with van der Waals surface area (Å²) in [7, 11) is 0. The van der Waals surface area contributed by atoms with Crippen LogP contribution < -0.4 is 5.32 Å². The summed E-state index contributed by atoms with van der Waals surface area (Å²) in [6, 6.07) is 11.7. The van der Waals surface area contributed by atoms with E-state index in [-0.39, 0.29) is 5.91 Å². The van der Waals surface area contributed by atoms with Gasteiger partial charge in [-0.15, -0.1) is 0 Å². The van der Waals surface area contributed by atoms with Gasteiger partial charge in [-0.05, 0) is 31.0 Å². The third kappa shape index (κ3) is 3.48. The largest absolute Gasteiger partial charge is 0.304 e. The predicted molar refractivity (Wildman–Crippen MR) is 88.4 cm³/mol. The van der Waals surface area contributed by atoms with Crippen molar-refractivity contribution in [1.29, 1.82) is 0 Å². The third-order valence-electron chi connectivity index (χ3n) is 3.67. The van der Waals surface area contributed by atoms with E-state index in [1.54, 1.807) is 23.0 Å². The Morgan fingerprint density at radius 3 is 2.61 bits per heavy atom. The van der Waals surface area contributed by atoms with Crippen molar-refractivity contribution in [1.82, 2.24) is 19.6 Å². The molecule has 0 fully saturated rings. The number of aromatic nitrogens is 4. The number of rotatable bonds is 5. The first-order valence-electron chi connectivity index (χ1n) is 7.58. The Morgan fingerprint density at radius 1 is 1.09 bits per heavy atom. The van der Waals surface area contributed by atoms with Gasteiger partial charge in [0, 0.05) is 25.0 Å². The topological polar surface area (TPSA) is 64.7 Å². The molecule has 23 heavy (non-hydrogen) atoms. The Balaban J connectivity index is 1.67. The van der Waals surface area contributed by atoms with Crippen LogP contribution in [0.2, 0.25) is 0 Å². The zero-order chi connectivity index (χ0) is 16.2. The average molecular weight is 309 g/mol. The van der Waals surface area contributed by atoms with Crippen molar-refractivity contribution in [2.24, 2.45) is 0 Å². The number of aryl methyl sites for hydroxylation is 2. The van der Waals surface area contributed by atoms with Gasteiger partial charge in [0.1, 0.15) is 0 Å². The van der Waals surface area contributed by atoms with Gasteiger partial charge in [-0.2, -0.15) is 10.2 Å². The Bertz CT molecular complexity index is 818. The van der Waals surface area contributed by atoms with Gasteiger partial charge in [0.2, 0.25) is 0 Å². The van der Waals surface area contributed by atoms with Gasteiger partial charge in [0.25, 0.3) is 5.91 Å². The van der Waals surface area contributed by atoms with Crippen molar-refractivity contribution in [2.75, 3.05) is 5.32 Å². The van der Waals surface area contributed by atoms with E-state index in [1.807, 2.05) is 29.9 Å². The minimum Gasteiger partial charge on any atom is -0.304 e. The van der Waals surface area contributed by atoms with Crippen molar-refractivity contribution < 1.29 is 4.79 Å². The normalized spacial score (nSPS) is 10.7. The zero-order valence-electron chi connectivity index (χ0n) is 13.2. The molecule has 0 aliphatic carbocycles. The molecule has 3 rings (SSSR count). The first-order valence-corrected chi connectivity index (χ1v) is 7.58. The Morgan fingerprint density at radius 2 is 1.87 bits per heavy atom. The summed E-state index contributed by atoms with van der Waals surface area (Å²) >= 11 is 0. The second-order valence-corrected chi connectivity index (χ2v) is 5.34. The number of nitrogens with zero attached hydrogens (tertiary/aromatic N) is 4. The number of carbonyl (C=O) groups excluding carboxylic acids is 1. The van der Waals surface area contributed by atoms with Crippen molar-refractivity contribution in [2.45, 2.75) is 26.9 Å². The minimum absolute atomic E-state index is 0.252. The first kappa shape index (κ1) is 15.0. The molecule has 3 aromatic rings. The molecule has 2 aromatic heterocycles. The first-order chi connectivity index (χ1) is 11.2. The van der Waals surface area contributed by atoms with Crippen LogP contribution in [-0.4, -0.2) is 25.5 Å². The summed E-state index contributed by atoms with van der Waals surface area (Å²) < 4.78 is 3.52. The average Bonchev–Trinajstić information content (AvgIpc) is 3.19. The van der Waals surface area contributed by atoms with Crippen LogP contribution in [0.3, 0.4) is 0 Å². The number of hydrogen-bond acceptors (Lipinski definition) is 3. The van der Waals surface area contributed by atoms with E-state index in [0.29, 0.717) is 18.1 Å². The molecule has 0 saturated heterocycles. The highest BCUT2D eigenvalue weighted by Gasteiger charge is 2.11. The molecule has 0 unspecified atom stereocenters. The third-order valence-corrected chi connectivity index (χ3v) is 3.67. The van der Waals surface area contributed by atoms with Crippen LogP contribution in [0.5, 0.6) is 0 Å². The summed E-state index contributed by atoms with van der Waals surface area (Å²) in [6.45, 7) is 5.46. The lowest BCUT2D eigenvalue weighted by Crippen LogP contribution is -2.14. The van der Waals surface area contributed by atoms with Crippen LogP contribution in [0, 0.1) is 6.92 Å². The van der Waals surface area contributed by atoms with Gasteiger partial charge in [0.15, 0.2) is 11.5 Å². The Kier molecular flexibility index (Phi) is 4.23. The quantitative estimate of drug-likeness (QED) is 0.788. The highest BCUT2D eigenvalue weighted by molar-refractivity contribution is 6.02. The molecule has 0 atom stereocenters. The number of anilines is 1. The number of hydrogen-bond donors (Lipinski definition) is 1. The smallest absolute Gasteiger partial charge is 0.277 e. The summed E-state index contributed by atoms with van der Waals surface area (Å²) in [4.78, 5) is 12.1. The molecule has 0 spiro atoms. The van der Waals surface area contributed by atoms with E-state index >= 15 is 0 Å². The van der Waals surface area contributed by atoms with E-state index in [2.05, 4.69) is 34.6 Å². The van der Waals surface area contributed by atoms with E-state index in [1.165, 1.54) is 11.1 Å². The maximum atomic E-state index is 12.1. The molecule has 0 aliphatic rings. The number of benzene rings is 1. The number of carbonyl (C=O) groups is 1. The van der Waals surface area contributed by atoms with E-state index in [0.717, 1.165) is 6.54 Å². The van der Waals surface area contributed by atoms with Gasteiger partial charge in [-0.3, -0.25) is 14.2 Å². The Hall–Kier alpha value is -2.89. The highest BCUT2D eigenvalue weighted by Crippen LogP contribution is 2.11. The van der Waals surface area contributed by atoms with Gasteiger partial charge in [-0.25, -0.2) is 0 Å². The zero-order valence-corrected chi connectivity index (χ0v) is 13.2. The second kappa shape index (κ2) is 6.48. The molecule has 118 valence electrons. The lowest BCUT2D eigenvalue weighted by atomic mass is 10.1. The molecule has 0 bridgehead atoms. The summed E-state index contributed by atoms with van der Waals surface area (Å²) in [5.74, 6) is 0.271. The molecule has 0 radical (unpaired) electrons.